The average Bonchev–Trinajstić information content (AvgIpc) is 2.39. The molecule has 1 aromatic heterocycles. The van der Waals surface area contributed by atoms with E-state index >= 15 is 0 Å². The number of nitro groups is 1. The number of rotatable bonds is 5. The predicted molar refractivity (Wildman–Crippen MR) is 76.9 cm³/mol. The first-order chi connectivity index (χ1) is 9.36. The van der Waals surface area contributed by atoms with Crippen molar-refractivity contribution < 1.29 is 9.66 Å². The number of aryl methyl sites for hydroxylation is 1. The molecule has 2 rings (SSSR count). The van der Waals surface area contributed by atoms with E-state index in [1.165, 1.54) is 12.3 Å². The van der Waals surface area contributed by atoms with Crippen molar-refractivity contribution in [3.05, 3.63) is 27.9 Å². The fraction of sp³-hybridized carbons (Fsp3) is 0.643. The van der Waals surface area contributed by atoms with Gasteiger partial charge in [0.2, 0.25) is 0 Å². The van der Waals surface area contributed by atoms with Gasteiger partial charge in [0.25, 0.3) is 5.69 Å². The van der Waals surface area contributed by atoms with Gasteiger partial charge in [-0.25, -0.2) is 4.98 Å². The van der Waals surface area contributed by atoms with Crippen LogP contribution in [0.3, 0.4) is 0 Å². The molecule has 1 aliphatic rings. The molecule has 1 saturated carbocycles. The van der Waals surface area contributed by atoms with E-state index < -0.39 is 0 Å². The molecule has 0 spiro atoms. The first-order valence-electron chi connectivity index (χ1n) is 6.85. The van der Waals surface area contributed by atoms with Gasteiger partial charge in [0.15, 0.2) is 0 Å². The number of aromatic nitrogens is 1. The highest BCUT2D eigenvalue weighted by molar-refractivity contribution is 5.50. The van der Waals surface area contributed by atoms with Crippen LogP contribution in [0.25, 0.3) is 0 Å². The van der Waals surface area contributed by atoms with Gasteiger partial charge < -0.3 is 10.1 Å². The molecule has 1 fully saturated rings. The van der Waals surface area contributed by atoms with E-state index in [0.29, 0.717) is 18.0 Å². The summed E-state index contributed by atoms with van der Waals surface area (Å²) in [4.78, 5) is 14.8. The second-order valence-corrected chi connectivity index (χ2v) is 5.81. The number of ether oxygens (including phenoxy) is 1. The van der Waals surface area contributed by atoms with Crippen LogP contribution in [-0.4, -0.2) is 28.7 Å². The fourth-order valence-corrected chi connectivity index (χ4v) is 2.58. The molecule has 0 radical (unpaired) electrons. The third-order valence-corrected chi connectivity index (χ3v) is 4.14. The van der Waals surface area contributed by atoms with Gasteiger partial charge in [-0.2, -0.15) is 0 Å². The van der Waals surface area contributed by atoms with Crippen LogP contribution in [0.2, 0.25) is 0 Å². The third kappa shape index (κ3) is 2.60. The molecule has 0 aromatic carbocycles. The molecule has 1 heterocycles. The molecule has 6 nitrogen and oxygen atoms in total. The van der Waals surface area contributed by atoms with Gasteiger partial charge in [0, 0.05) is 29.8 Å². The van der Waals surface area contributed by atoms with Crippen molar-refractivity contribution in [2.75, 3.05) is 11.9 Å². The lowest BCUT2D eigenvalue weighted by Crippen LogP contribution is -2.58. The highest BCUT2D eigenvalue weighted by atomic mass is 16.6. The Morgan fingerprint density at radius 1 is 1.60 bits per heavy atom. The van der Waals surface area contributed by atoms with Crippen molar-refractivity contribution in [2.45, 2.75) is 46.3 Å². The lowest BCUT2D eigenvalue weighted by atomic mass is 9.64. The van der Waals surface area contributed by atoms with Gasteiger partial charge in [-0.05, 0) is 20.3 Å². The topological polar surface area (TPSA) is 77.3 Å². The Kier molecular flexibility index (Phi) is 3.94. The van der Waals surface area contributed by atoms with Crippen molar-refractivity contribution in [2.24, 2.45) is 5.41 Å². The zero-order valence-corrected chi connectivity index (χ0v) is 12.3. The Balaban J connectivity index is 2.09. The van der Waals surface area contributed by atoms with Gasteiger partial charge in [-0.1, -0.05) is 13.8 Å². The number of pyridine rings is 1. The molecular weight excluding hydrogens is 258 g/mol. The molecule has 0 aliphatic heterocycles. The van der Waals surface area contributed by atoms with Crippen molar-refractivity contribution in [1.82, 2.24) is 4.98 Å². The molecule has 2 atom stereocenters. The SMILES string of the molecule is CCOC1CC(Nc2cc([N+](=O)[O-])c(C)cn2)C1(C)C. The third-order valence-electron chi connectivity index (χ3n) is 4.14. The Labute approximate surface area is 118 Å². The van der Waals surface area contributed by atoms with Crippen LogP contribution in [0.1, 0.15) is 32.8 Å². The molecule has 20 heavy (non-hydrogen) atoms. The summed E-state index contributed by atoms with van der Waals surface area (Å²) in [6, 6.07) is 1.72. The molecule has 0 amide bonds. The fourth-order valence-electron chi connectivity index (χ4n) is 2.58. The molecule has 1 aromatic rings. The predicted octanol–water partition coefficient (Wildman–Crippen LogP) is 2.91. The Bertz CT molecular complexity index is 516. The van der Waals surface area contributed by atoms with E-state index in [4.69, 9.17) is 4.74 Å². The van der Waals surface area contributed by atoms with Gasteiger partial charge in [0.1, 0.15) is 5.82 Å². The molecule has 0 bridgehead atoms. The molecule has 6 heteroatoms. The summed E-state index contributed by atoms with van der Waals surface area (Å²) in [5.74, 6) is 0.551. The van der Waals surface area contributed by atoms with E-state index in [-0.39, 0.29) is 28.2 Å². The summed E-state index contributed by atoms with van der Waals surface area (Å²) < 4.78 is 5.67. The second-order valence-electron chi connectivity index (χ2n) is 5.81. The van der Waals surface area contributed by atoms with Crippen molar-refractivity contribution >= 4 is 11.5 Å². The number of nitrogens with zero attached hydrogens (tertiary/aromatic N) is 2. The summed E-state index contributed by atoms with van der Waals surface area (Å²) in [5, 5.41) is 14.2. The lowest BCUT2D eigenvalue weighted by molar-refractivity contribution is -0.385. The second kappa shape index (κ2) is 5.36. The van der Waals surface area contributed by atoms with Crippen LogP contribution >= 0.6 is 0 Å². The van der Waals surface area contributed by atoms with E-state index in [1.807, 2.05) is 6.92 Å². The smallest absolute Gasteiger partial charge is 0.277 e. The highest BCUT2D eigenvalue weighted by Crippen LogP contribution is 2.44. The van der Waals surface area contributed by atoms with E-state index in [2.05, 4.69) is 24.1 Å². The maximum atomic E-state index is 10.9. The largest absolute Gasteiger partial charge is 0.378 e. The average molecular weight is 279 g/mol. The van der Waals surface area contributed by atoms with Crippen molar-refractivity contribution in [3.8, 4) is 0 Å². The summed E-state index contributed by atoms with van der Waals surface area (Å²) in [6.07, 6.45) is 2.65. The summed E-state index contributed by atoms with van der Waals surface area (Å²) in [5.41, 5.74) is 0.666. The van der Waals surface area contributed by atoms with Gasteiger partial charge in [0.05, 0.1) is 17.1 Å². The molecule has 1 aliphatic carbocycles. The Morgan fingerprint density at radius 3 is 2.85 bits per heavy atom. The standard InChI is InChI=1S/C14H21N3O3/c1-5-20-12-7-11(14(12,3)4)16-13-6-10(17(18)19)9(2)8-15-13/h6,8,11-12H,5,7H2,1-4H3,(H,15,16). The lowest BCUT2D eigenvalue weighted by Gasteiger charge is -2.51. The van der Waals surface area contributed by atoms with Gasteiger partial charge in [-0.15, -0.1) is 0 Å². The van der Waals surface area contributed by atoms with Crippen LogP contribution in [0.15, 0.2) is 12.3 Å². The number of nitrogens with one attached hydrogen (secondary N) is 1. The summed E-state index contributed by atoms with van der Waals surface area (Å²) >= 11 is 0. The van der Waals surface area contributed by atoms with E-state index in [0.717, 1.165) is 6.42 Å². The molecule has 1 N–H and O–H groups in total. The van der Waals surface area contributed by atoms with Gasteiger partial charge >= 0.3 is 0 Å². The van der Waals surface area contributed by atoms with Crippen LogP contribution in [0, 0.1) is 22.5 Å². The quantitative estimate of drug-likeness (QED) is 0.662. The highest BCUT2D eigenvalue weighted by Gasteiger charge is 2.49. The summed E-state index contributed by atoms with van der Waals surface area (Å²) in [6.45, 7) is 8.65. The Hall–Kier alpha value is -1.69. The number of hydrogen-bond acceptors (Lipinski definition) is 5. The van der Waals surface area contributed by atoms with Crippen LogP contribution in [0.5, 0.6) is 0 Å². The first kappa shape index (κ1) is 14.7. The van der Waals surface area contributed by atoms with Crippen molar-refractivity contribution in [3.63, 3.8) is 0 Å². The number of hydrogen-bond donors (Lipinski definition) is 1. The normalized spacial score (nSPS) is 24.0. The molecule has 2 unspecified atom stereocenters. The maximum absolute atomic E-state index is 10.9. The minimum absolute atomic E-state index is 0.00262. The monoisotopic (exact) mass is 279 g/mol. The van der Waals surface area contributed by atoms with Crippen molar-refractivity contribution in [1.29, 1.82) is 0 Å². The zero-order chi connectivity index (χ0) is 14.9. The zero-order valence-electron chi connectivity index (χ0n) is 12.3. The summed E-state index contributed by atoms with van der Waals surface area (Å²) in [7, 11) is 0. The van der Waals surface area contributed by atoms with E-state index in [9.17, 15) is 10.1 Å². The minimum atomic E-state index is -0.378. The van der Waals surface area contributed by atoms with Crippen LogP contribution in [0.4, 0.5) is 11.5 Å². The first-order valence-corrected chi connectivity index (χ1v) is 6.85. The van der Waals surface area contributed by atoms with E-state index in [1.54, 1.807) is 6.92 Å². The maximum Gasteiger partial charge on any atom is 0.277 e. The van der Waals surface area contributed by atoms with Crippen LogP contribution < -0.4 is 5.32 Å². The molecule has 0 saturated heterocycles. The number of anilines is 1. The van der Waals surface area contributed by atoms with Crippen LogP contribution in [-0.2, 0) is 4.74 Å². The molecular formula is C14H21N3O3. The minimum Gasteiger partial charge on any atom is -0.378 e. The Morgan fingerprint density at radius 2 is 2.30 bits per heavy atom. The van der Waals surface area contributed by atoms with Gasteiger partial charge in [-0.3, -0.25) is 10.1 Å². The molecule has 110 valence electrons.